The lowest BCUT2D eigenvalue weighted by Gasteiger charge is -2.36. The molecule has 16 heavy (non-hydrogen) atoms. The van der Waals surface area contributed by atoms with Crippen LogP contribution >= 0.6 is 0 Å². The summed E-state index contributed by atoms with van der Waals surface area (Å²) < 4.78 is 11.4. The maximum atomic E-state index is 6.15. The van der Waals surface area contributed by atoms with E-state index in [0.29, 0.717) is 6.61 Å². The molecular weight excluding hydrogens is 200 g/mol. The minimum atomic E-state index is -0.166. The van der Waals surface area contributed by atoms with E-state index in [1.807, 2.05) is 0 Å². The van der Waals surface area contributed by atoms with E-state index in [9.17, 15) is 0 Å². The van der Waals surface area contributed by atoms with Crippen LogP contribution in [0.2, 0.25) is 0 Å². The average molecular weight is 220 g/mol. The molecule has 0 radical (unpaired) electrons. The second-order valence-electron chi connectivity index (χ2n) is 4.98. The largest absolute Gasteiger partial charge is 0.485 e. The van der Waals surface area contributed by atoms with Gasteiger partial charge in [0.15, 0.2) is 0 Å². The molecule has 0 saturated carbocycles. The zero-order valence-corrected chi connectivity index (χ0v) is 10.6. The first-order valence-corrected chi connectivity index (χ1v) is 5.83. The van der Waals surface area contributed by atoms with Gasteiger partial charge in [0, 0.05) is 7.11 Å². The lowest BCUT2D eigenvalue weighted by atomic mass is 9.91. The van der Waals surface area contributed by atoms with Crippen LogP contribution in [0.1, 0.15) is 30.0 Å². The SMILES string of the molecule is COCC1(C)CCc2ccc(C)c(C)c2O1. The van der Waals surface area contributed by atoms with Crippen LogP contribution in [0.5, 0.6) is 5.75 Å². The van der Waals surface area contributed by atoms with Crippen molar-refractivity contribution in [3.8, 4) is 5.75 Å². The van der Waals surface area contributed by atoms with Gasteiger partial charge >= 0.3 is 0 Å². The third-order valence-electron chi connectivity index (χ3n) is 3.48. The van der Waals surface area contributed by atoms with Gasteiger partial charge < -0.3 is 9.47 Å². The minimum absolute atomic E-state index is 0.166. The zero-order chi connectivity index (χ0) is 11.8. The van der Waals surface area contributed by atoms with Gasteiger partial charge in [0.1, 0.15) is 11.4 Å². The zero-order valence-electron chi connectivity index (χ0n) is 10.6. The van der Waals surface area contributed by atoms with E-state index in [-0.39, 0.29) is 5.60 Å². The predicted molar refractivity (Wildman–Crippen MR) is 65.1 cm³/mol. The molecule has 1 aromatic rings. The quantitative estimate of drug-likeness (QED) is 0.762. The Morgan fingerprint density at radius 1 is 1.38 bits per heavy atom. The molecule has 1 heterocycles. The lowest BCUT2D eigenvalue weighted by Crippen LogP contribution is -2.41. The molecule has 0 saturated heterocycles. The third-order valence-corrected chi connectivity index (χ3v) is 3.48. The summed E-state index contributed by atoms with van der Waals surface area (Å²) in [6.07, 6.45) is 2.10. The maximum Gasteiger partial charge on any atom is 0.130 e. The predicted octanol–water partition coefficient (Wildman–Crippen LogP) is 3.03. The van der Waals surface area contributed by atoms with Crippen LogP contribution in [-0.2, 0) is 11.2 Å². The molecule has 1 atom stereocenters. The lowest BCUT2D eigenvalue weighted by molar-refractivity contribution is -0.0110. The summed E-state index contributed by atoms with van der Waals surface area (Å²) in [5, 5.41) is 0. The third kappa shape index (κ3) is 1.94. The van der Waals surface area contributed by atoms with E-state index in [0.717, 1.165) is 18.6 Å². The van der Waals surface area contributed by atoms with Crippen LogP contribution in [0.25, 0.3) is 0 Å². The second kappa shape index (κ2) is 4.10. The number of rotatable bonds is 2. The minimum Gasteiger partial charge on any atom is -0.485 e. The van der Waals surface area contributed by atoms with E-state index >= 15 is 0 Å². The summed E-state index contributed by atoms with van der Waals surface area (Å²) in [6.45, 7) is 7.04. The normalized spacial score (nSPS) is 23.8. The smallest absolute Gasteiger partial charge is 0.130 e. The van der Waals surface area contributed by atoms with Gasteiger partial charge in [0.25, 0.3) is 0 Å². The average Bonchev–Trinajstić information content (AvgIpc) is 2.25. The van der Waals surface area contributed by atoms with E-state index in [2.05, 4.69) is 32.9 Å². The van der Waals surface area contributed by atoms with Crippen molar-refractivity contribution in [2.24, 2.45) is 0 Å². The van der Waals surface area contributed by atoms with Gasteiger partial charge in [0.2, 0.25) is 0 Å². The van der Waals surface area contributed by atoms with E-state index in [1.54, 1.807) is 7.11 Å². The van der Waals surface area contributed by atoms with Gasteiger partial charge in [-0.2, -0.15) is 0 Å². The van der Waals surface area contributed by atoms with Crippen molar-refractivity contribution in [3.05, 3.63) is 28.8 Å². The van der Waals surface area contributed by atoms with Crippen molar-refractivity contribution in [2.45, 2.75) is 39.2 Å². The summed E-state index contributed by atoms with van der Waals surface area (Å²) in [5.74, 6) is 1.07. The molecule has 0 amide bonds. The number of aryl methyl sites for hydroxylation is 2. The van der Waals surface area contributed by atoms with Crippen LogP contribution in [0.15, 0.2) is 12.1 Å². The number of methoxy groups -OCH3 is 1. The van der Waals surface area contributed by atoms with Crippen LogP contribution < -0.4 is 4.74 Å². The fourth-order valence-electron chi connectivity index (χ4n) is 2.29. The first-order chi connectivity index (χ1) is 7.56. The molecule has 0 spiro atoms. The molecular formula is C14H20O2. The van der Waals surface area contributed by atoms with Crippen LogP contribution in [0.3, 0.4) is 0 Å². The van der Waals surface area contributed by atoms with Gasteiger partial charge in [0.05, 0.1) is 6.61 Å². The molecule has 0 fully saturated rings. The Balaban J connectivity index is 2.35. The molecule has 2 heteroatoms. The molecule has 2 nitrogen and oxygen atoms in total. The van der Waals surface area contributed by atoms with Crippen LogP contribution in [0.4, 0.5) is 0 Å². The molecule has 0 bridgehead atoms. The van der Waals surface area contributed by atoms with Crippen LogP contribution in [-0.4, -0.2) is 19.3 Å². The molecule has 0 aromatic heterocycles. The van der Waals surface area contributed by atoms with Gasteiger partial charge in [-0.25, -0.2) is 0 Å². The van der Waals surface area contributed by atoms with E-state index in [4.69, 9.17) is 9.47 Å². The summed E-state index contributed by atoms with van der Waals surface area (Å²) in [5.41, 5.74) is 3.72. The van der Waals surface area contributed by atoms with Crippen molar-refractivity contribution < 1.29 is 9.47 Å². The van der Waals surface area contributed by atoms with Crippen LogP contribution in [0, 0.1) is 13.8 Å². The number of hydrogen-bond acceptors (Lipinski definition) is 2. The highest BCUT2D eigenvalue weighted by atomic mass is 16.5. The highest BCUT2D eigenvalue weighted by Crippen LogP contribution is 2.37. The fourth-order valence-corrected chi connectivity index (χ4v) is 2.29. The molecule has 88 valence electrons. The van der Waals surface area contributed by atoms with Crippen molar-refractivity contribution in [3.63, 3.8) is 0 Å². The molecule has 1 aromatic carbocycles. The Bertz CT molecular complexity index is 398. The summed E-state index contributed by atoms with van der Waals surface area (Å²) in [4.78, 5) is 0. The monoisotopic (exact) mass is 220 g/mol. The maximum absolute atomic E-state index is 6.15. The van der Waals surface area contributed by atoms with Gasteiger partial charge in [-0.05, 0) is 50.3 Å². The Hall–Kier alpha value is -1.02. The molecule has 0 aliphatic carbocycles. The summed E-state index contributed by atoms with van der Waals surface area (Å²) >= 11 is 0. The van der Waals surface area contributed by atoms with Gasteiger partial charge in [-0.1, -0.05) is 12.1 Å². The molecule has 2 rings (SSSR count). The number of hydrogen-bond donors (Lipinski definition) is 0. The first kappa shape index (κ1) is 11.5. The van der Waals surface area contributed by atoms with Gasteiger partial charge in [-0.3, -0.25) is 0 Å². The Morgan fingerprint density at radius 2 is 2.12 bits per heavy atom. The van der Waals surface area contributed by atoms with Crippen molar-refractivity contribution in [1.29, 1.82) is 0 Å². The Kier molecular flexibility index (Phi) is 2.94. The fraction of sp³-hybridized carbons (Fsp3) is 0.571. The Morgan fingerprint density at radius 3 is 2.81 bits per heavy atom. The molecule has 1 unspecified atom stereocenters. The first-order valence-electron chi connectivity index (χ1n) is 5.83. The van der Waals surface area contributed by atoms with Crippen molar-refractivity contribution >= 4 is 0 Å². The molecule has 1 aliphatic heterocycles. The standard InChI is InChI=1S/C14H20O2/c1-10-5-6-12-7-8-14(3,9-15-4)16-13(12)11(10)2/h5-6H,7-9H2,1-4H3. The summed E-state index contributed by atoms with van der Waals surface area (Å²) in [6, 6.07) is 4.36. The van der Waals surface area contributed by atoms with E-state index in [1.165, 1.54) is 16.7 Å². The number of ether oxygens (including phenoxy) is 2. The molecule has 0 N–H and O–H groups in total. The summed E-state index contributed by atoms with van der Waals surface area (Å²) in [7, 11) is 1.73. The number of benzene rings is 1. The highest BCUT2D eigenvalue weighted by molar-refractivity contribution is 5.46. The van der Waals surface area contributed by atoms with Gasteiger partial charge in [-0.15, -0.1) is 0 Å². The topological polar surface area (TPSA) is 18.5 Å². The second-order valence-corrected chi connectivity index (χ2v) is 4.98. The van der Waals surface area contributed by atoms with E-state index < -0.39 is 0 Å². The highest BCUT2D eigenvalue weighted by Gasteiger charge is 2.32. The van der Waals surface area contributed by atoms with Crippen molar-refractivity contribution in [2.75, 3.05) is 13.7 Å². The number of fused-ring (bicyclic) bond motifs is 1. The molecule has 1 aliphatic rings. The van der Waals surface area contributed by atoms with Crippen molar-refractivity contribution in [1.82, 2.24) is 0 Å². The Labute approximate surface area is 97.6 Å².